The van der Waals surface area contributed by atoms with Crippen molar-refractivity contribution in [1.82, 2.24) is 5.32 Å². The van der Waals surface area contributed by atoms with E-state index in [1.165, 1.54) is 28.7 Å². The summed E-state index contributed by atoms with van der Waals surface area (Å²) in [6.07, 6.45) is 2.34. The molecule has 1 unspecified atom stereocenters. The summed E-state index contributed by atoms with van der Waals surface area (Å²) >= 11 is 0. The van der Waals surface area contributed by atoms with Gasteiger partial charge in [-0.3, -0.25) is 0 Å². The molecule has 0 aromatic heterocycles. The molecule has 1 heterocycles. The van der Waals surface area contributed by atoms with Crippen molar-refractivity contribution in [2.75, 3.05) is 20.3 Å². The fourth-order valence-corrected chi connectivity index (χ4v) is 3.32. The van der Waals surface area contributed by atoms with Gasteiger partial charge in [-0.1, -0.05) is 24.3 Å². The van der Waals surface area contributed by atoms with Gasteiger partial charge in [0.1, 0.15) is 13.2 Å². The smallest absolute Gasteiger partial charge is 0.161 e. The maximum atomic E-state index is 5.68. The normalized spacial score (nSPS) is 19.4. The summed E-state index contributed by atoms with van der Waals surface area (Å²) < 4.78 is 11.3. The Balaban J connectivity index is 1.71. The van der Waals surface area contributed by atoms with Gasteiger partial charge in [-0.25, -0.2) is 0 Å². The topological polar surface area (TPSA) is 30.5 Å². The molecule has 1 aliphatic heterocycles. The highest BCUT2D eigenvalue weighted by atomic mass is 16.6. The largest absolute Gasteiger partial charge is 0.486 e. The Morgan fingerprint density at radius 2 is 1.71 bits per heavy atom. The minimum atomic E-state index is 0.509. The number of ether oxygens (including phenoxy) is 2. The van der Waals surface area contributed by atoms with Gasteiger partial charge < -0.3 is 14.8 Å². The molecule has 3 nitrogen and oxygen atoms in total. The van der Waals surface area contributed by atoms with Crippen LogP contribution < -0.4 is 14.8 Å². The fraction of sp³-hybridized carbons (Fsp3) is 0.333. The predicted molar refractivity (Wildman–Crippen MR) is 83.0 cm³/mol. The molecule has 2 aromatic rings. The van der Waals surface area contributed by atoms with E-state index in [-0.39, 0.29) is 0 Å². The molecule has 1 atom stereocenters. The first-order chi connectivity index (χ1) is 10.3. The highest BCUT2D eigenvalue weighted by Gasteiger charge is 2.21. The molecule has 2 aromatic carbocycles. The van der Waals surface area contributed by atoms with E-state index in [9.17, 15) is 0 Å². The highest BCUT2D eigenvalue weighted by Crippen LogP contribution is 2.37. The van der Waals surface area contributed by atoms with Crippen LogP contribution in [0.25, 0.3) is 11.1 Å². The standard InChI is InChI=1S/C18H19NO2/c1-19-16-6-3-14-10-12(2-5-15(14)16)13-4-7-17-18(11-13)21-9-8-20-17/h2,4-5,7,10-11,16,19H,3,6,8-9H2,1H3. The van der Waals surface area contributed by atoms with Gasteiger partial charge in [0, 0.05) is 6.04 Å². The van der Waals surface area contributed by atoms with Crippen molar-refractivity contribution in [2.45, 2.75) is 18.9 Å². The number of fused-ring (bicyclic) bond motifs is 2. The van der Waals surface area contributed by atoms with E-state index < -0.39 is 0 Å². The van der Waals surface area contributed by atoms with E-state index in [4.69, 9.17) is 9.47 Å². The lowest BCUT2D eigenvalue weighted by molar-refractivity contribution is 0.171. The van der Waals surface area contributed by atoms with Crippen LogP contribution >= 0.6 is 0 Å². The monoisotopic (exact) mass is 281 g/mol. The Morgan fingerprint density at radius 1 is 0.952 bits per heavy atom. The molecule has 0 amide bonds. The average Bonchev–Trinajstić information content (AvgIpc) is 2.96. The number of aryl methyl sites for hydroxylation is 1. The maximum absolute atomic E-state index is 5.68. The van der Waals surface area contributed by atoms with Crippen molar-refractivity contribution in [2.24, 2.45) is 0 Å². The minimum Gasteiger partial charge on any atom is -0.486 e. The Morgan fingerprint density at radius 3 is 2.57 bits per heavy atom. The molecule has 0 saturated carbocycles. The number of hydrogen-bond donors (Lipinski definition) is 1. The van der Waals surface area contributed by atoms with E-state index in [2.05, 4.69) is 35.6 Å². The quantitative estimate of drug-likeness (QED) is 0.916. The first-order valence-corrected chi connectivity index (χ1v) is 7.55. The second-order valence-corrected chi connectivity index (χ2v) is 5.65. The Bertz CT molecular complexity index is 681. The summed E-state index contributed by atoms with van der Waals surface area (Å²) in [5, 5.41) is 3.38. The van der Waals surface area contributed by atoms with Crippen molar-refractivity contribution < 1.29 is 9.47 Å². The SMILES string of the molecule is CNC1CCc2cc(-c3ccc4c(c3)OCCO4)ccc21. The summed E-state index contributed by atoms with van der Waals surface area (Å²) in [5.74, 6) is 1.70. The summed E-state index contributed by atoms with van der Waals surface area (Å²) in [4.78, 5) is 0. The molecule has 3 heteroatoms. The molecule has 0 spiro atoms. The third-order valence-corrected chi connectivity index (χ3v) is 4.44. The molecule has 1 aliphatic carbocycles. The molecule has 108 valence electrons. The third-order valence-electron chi connectivity index (χ3n) is 4.44. The Kier molecular flexibility index (Phi) is 3.08. The summed E-state index contributed by atoms with van der Waals surface area (Å²) in [5.41, 5.74) is 5.35. The second-order valence-electron chi connectivity index (χ2n) is 5.65. The minimum absolute atomic E-state index is 0.509. The van der Waals surface area contributed by atoms with Crippen molar-refractivity contribution >= 4 is 0 Å². The van der Waals surface area contributed by atoms with E-state index in [0.717, 1.165) is 17.9 Å². The lowest BCUT2D eigenvalue weighted by atomic mass is 9.99. The summed E-state index contributed by atoms with van der Waals surface area (Å²) in [6.45, 7) is 1.26. The van der Waals surface area contributed by atoms with Crippen LogP contribution in [0.4, 0.5) is 0 Å². The van der Waals surface area contributed by atoms with Crippen LogP contribution in [0.5, 0.6) is 11.5 Å². The first-order valence-electron chi connectivity index (χ1n) is 7.55. The number of nitrogens with one attached hydrogen (secondary N) is 1. The van der Waals surface area contributed by atoms with Gasteiger partial charge in [0.25, 0.3) is 0 Å². The lowest BCUT2D eigenvalue weighted by Crippen LogP contribution is -2.15. The Labute approximate surface area is 124 Å². The van der Waals surface area contributed by atoms with E-state index in [0.29, 0.717) is 19.3 Å². The third kappa shape index (κ3) is 2.18. The molecular formula is C18H19NO2. The van der Waals surface area contributed by atoms with Gasteiger partial charge in [-0.15, -0.1) is 0 Å². The first kappa shape index (κ1) is 12.7. The van der Waals surface area contributed by atoms with Crippen molar-refractivity contribution in [1.29, 1.82) is 0 Å². The Hall–Kier alpha value is -2.00. The molecule has 0 saturated heterocycles. The van der Waals surface area contributed by atoms with Crippen LogP contribution in [0.2, 0.25) is 0 Å². The predicted octanol–water partition coefficient (Wildman–Crippen LogP) is 3.33. The zero-order chi connectivity index (χ0) is 14.2. The molecule has 0 radical (unpaired) electrons. The zero-order valence-electron chi connectivity index (χ0n) is 12.2. The number of benzene rings is 2. The summed E-state index contributed by atoms with van der Waals surface area (Å²) in [7, 11) is 2.04. The summed E-state index contributed by atoms with van der Waals surface area (Å²) in [6, 6.07) is 13.5. The maximum Gasteiger partial charge on any atom is 0.161 e. The van der Waals surface area contributed by atoms with Crippen LogP contribution in [-0.4, -0.2) is 20.3 Å². The van der Waals surface area contributed by atoms with Crippen molar-refractivity contribution in [3.8, 4) is 22.6 Å². The fourth-order valence-electron chi connectivity index (χ4n) is 3.32. The van der Waals surface area contributed by atoms with Crippen LogP contribution in [-0.2, 0) is 6.42 Å². The van der Waals surface area contributed by atoms with Crippen LogP contribution in [0.1, 0.15) is 23.6 Å². The van der Waals surface area contributed by atoms with Gasteiger partial charge in [0.15, 0.2) is 11.5 Å². The van der Waals surface area contributed by atoms with Gasteiger partial charge in [0.2, 0.25) is 0 Å². The van der Waals surface area contributed by atoms with Gasteiger partial charge in [0.05, 0.1) is 0 Å². The second kappa shape index (κ2) is 5.08. The molecule has 0 fully saturated rings. The molecular weight excluding hydrogens is 262 g/mol. The van der Waals surface area contributed by atoms with Crippen LogP contribution in [0.3, 0.4) is 0 Å². The van der Waals surface area contributed by atoms with Gasteiger partial charge in [-0.05, 0) is 54.3 Å². The molecule has 21 heavy (non-hydrogen) atoms. The van der Waals surface area contributed by atoms with Crippen molar-refractivity contribution in [3.63, 3.8) is 0 Å². The number of rotatable bonds is 2. The van der Waals surface area contributed by atoms with Crippen LogP contribution in [0.15, 0.2) is 36.4 Å². The highest BCUT2D eigenvalue weighted by molar-refractivity contribution is 5.69. The lowest BCUT2D eigenvalue weighted by Gasteiger charge is -2.19. The van der Waals surface area contributed by atoms with E-state index >= 15 is 0 Å². The van der Waals surface area contributed by atoms with E-state index in [1.807, 2.05) is 13.1 Å². The average molecular weight is 281 g/mol. The molecule has 2 aliphatic rings. The molecule has 1 N–H and O–H groups in total. The van der Waals surface area contributed by atoms with Gasteiger partial charge in [-0.2, -0.15) is 0 Å². The zero-order valence-corrected chi connectivity index (χ0v) is 12.2. The van der Waals surface area contributed by atoms with Gasteiger partial charge >= 0.3 is 0 Å². The van der Waals surface area contributed by atoms with Crippen molar-refractivity contribution in [3.05, 3.63) is 47.5 Å². The molecule has 4 rings (SSSR count). The van der Waals surface area contributed by atoms with Crippen LogP contribution in [0, 0.1) is 0 Å². The van der Waals surface area contributed by atoms with E-state index in [1.54, 1.807) is 0 Å². The molecule has 0 bridgehead atoms. The number of hydrogen-bond acceptors (Lipinski definition) is 3.